The van der Waals surface area contributed by atoms with E-state index in [0.717, 1.165) is 22.3 Å². The van der Waals surface area contributed by atoms with Crippen molar-refractivity contribution >= 4 is 41.3 Å². The Balaban J connectivity index is 0.00000361. The summed E-state index contributed by atoms with van der Waals surface area (Å²) in [5.41, 5.74) is 5.59. The third-order valence-corrected chi connectivity index (χ3v) is 2.92. The molecule has 0 radical (unpaired) electrons. The van der Waals surface area contributed by atoms with Crippen LogP contribution < -0.4 is 11.1 Å². The molecule has 0 unspecified atom stereocenters. The first kappa shape index (κ1) is 19.2. The molecule has 0 aliphatic rings. The van der Waals surface area contributed by atoms with Gasteiger partial charge in [0.25, 0.3) is 0 Å². The van der Waals surface area contributed by atoms with E-state index in [9.17, 15) is 13.2 Å². The van der Waals surface area contributed by atoms with Gasteiger partial charge in [0.05, 0.1) is 11.6 Å². The van der Waals surface area contributed by atoms with Crippen LogP contribution in [0.15, 0.2) is 22.5 Å². The fraction of sp³-hybridized carbons (Fsp3) is 0.455. The van der Waals surface area contributed by atoms with Gasteiger partial charge in [0.15, 0.2) is 11.7 Å². The van der Waals surface area contributed by atoms with E-state index in [-0.39, 0.29) is 29.9 Å². The van der Waals surface area contributed by atoms with Crippen LogP contribution in [0, 0.1) is 0 Å². The van der Waals surface area contributed by atoms with Gasteiger partial charge >= 0.3 is 6.18 Å². The van der Waals surface area contributed by atoms with Crippen LogP contribution in [-0.4, -0.2) is 24.0 Å². The average Bonchev–Trinajstić information content (AvgIpc) is 2.74. The summed E-state index contributed by atoms with van der Waals surface area (Å²) in [5, 5.41) is 4.22. The molecule has 1 aromatic heterocycles. The van der Waals surface area contributed by atoms with Crippen LogP contribution in [0.1, 0.15) is 17.6 Å². The Kier molecular flexibility index (Phi) is 8.09. The van der Waals surface area contributed by atoms with Crippen molar-refractivity contribution in [3.8, 4) is 0 Å². The van der Waals surface area contributed by atoms with Gasteiger partial charge in [-0.05, 0) is 6.92 Å². The predicted molar refractivity (Wildman–Crippen MR) is 85.5 cm³/mol. The maximum absolute atomic E-state index is 12.3. The van der Waals surface area contributed by atoms with Crippen molar-refractivity contribution in [1.82, 2.24) is 10.3 Å². The summed E-state index contributed by atoms with van der Waals surface area (Å²) in [6.07, 6.45) is -4.02. The molecule has 0 amide bonds. The summed E-state index contributed by atoms with van der Waals surface area (Å²) < 4.78 is 36.9. The Morgan fingerprint density at radius 2 is 2.20 bits per heavy atom. The van der Waals surface area contributed by atoms with Crippen molar-refractivity contribution in [1.29, 1.82) is 0 Å². The summed E-state index contributed by atoms with van der Waals surface area (Å²) in [6.45, 7) is 6.31. The maximum atomic E-state index is 12.3. The van der Waals surface area contributed by atoms with Gasteiger partial charge in [-0.3, -0.25) is 0 Å². The van der Waals surface area contributed by atoms with E-state index in [2.05, 4.69) is 21.9 Å². The molecule has 0 saturated carbocycles. The highest BCUT2D eigenvalue weighted by Gasteiger charge is 2.33. The fourth-order valence-corrected chi connectivity index (χ4v) is 1.93. The second kappa shape index (κ2) is 8.45. The van der Waals surface area contributed by atoms with E-state index in [1.807, 2.05) is 6.92 Å². The quantitative estimate of drug-likeness (QED) is 0.333. The molecule has 1 heterocycles. The average molecular weight is 420 g/mol. The molecule has 0 fully saturated rings. The molecule has 20 heavy (non-hydrogen) atoms. The number of halogens is 4. The van der Waals surface area contributed by atoms with Crippen molar-refractivity contribution in [3.05, 3.63) is 28.2 Å². The van der Waals surface area contributed by atoms with Gasteiger partial charge < -0.3 is 11.1 Å². The number of nitrogens with zero attached hydrogens (tertiary/aromatic N) is 2. The molecule has 0 spiro atoms. The molecule has 1 rings (SSSR count). The number of nitrogens with one attached hydrogen (secondary N) is 1. The lowest BCUT2D eigenvalue weighted by Gasteiger charge is -2.04. The van der Waals surface area contributed by atoms with Gasteiger partial charge in [0.2, 0.25) is 0 Å². The summed E-state index contributed by atoms with van der Waals surface area (Å²) in [4.78, 5) is 7.50. The van der Waals surface area contributed by atoms with Crippen LogP contribution in [0.25, 0.3) is 0 Å². The molecule has 3 N–H and O–H groups in total. The number of nitrogens with two attached hydrogens (primary N) is 1. The molecule has 0 bridgehead atoms. The molecular weight excluding hydrogens is 404 g/mol. The van der Waals surface area contributed by atoms with Gasteiger partial charge in [0, 0.05) is 18.3 Å². The van der Waals surface area contributed by atoms with Gasteiger partial charge in [-0.15, -0.1) is 35.3 Å². The van der Waals surface area contributed by atoms with Crippen LogP contribution in [0.5, 0.6) is 0 Å². The van der Waals surface area contributed by atoms with Crippen LogP contribution in [0.4, 0.5) is 13.2 Å². The van der Waals surface area contributed by atoms with Gasteiger partial charge in [0.1, 0.15) is 0 Å². The standard InChI is InChI=1S/C11H15F3N4S.HI/c1-7(2)5-17-10(15)16-4-3-9-18-8(6-19-9)11(12,13)14;/h6H,1,3-5H2,2H3,(H3,15,16,17);1H. The second-order valence-corrected chi connectivity index (χ2v) is 4.90. The highest BCUT2D eigenvalue weighted by atomic mass is 127. The van der Waals surface area contributed by atoms with E-state index < -0.39 is 11.9 Å². The molecule has 0 aliphatic heterocycles. The maximum Gasteiger partial charge on any atom is 0.434 e. The number of rotatable bonds is 5. The normalized spacial score (nSPS) is 11.9. The predicted octanol–water partition coefficient (Wildman–Crippen LogP) is 2.80. The Bertz CT molecular complexity index is 470. The lowest BCUT2D eigenvalue weighted by Crippen LogP contribution is -2.33. The lowest BCUT2D eigenvalue weighted by molar-refractivity contribution is -0.140. The molecule has 0 atom stereocenters. The largest absolute Gasteiger partial charge is 0.434 e. The zero-order valence-electron chi connectivity index (χ0n) is 10.8. The van der Waals surface area contributed by atoms with E-state index in [1.165, 1.54) is 0 Å². The summed E-state index contributed by atoms with van der Waals surface area (Å²) in [6, 6.07) is 0. The summed E-state index contributed by atoms with van der Waals surface area (Å²) in [5.74, 6) is 0.246. The van der Waals surface area contributed by atoms with Crippen molar-refractivity contribution in [3.63, 3.8) is 0 Å². The van der Waals surface area contributed by atoms with Crippen LogP contribution in [0.3, 0.4) is 0 Å². The van der Waals surface area contributed by atoms with Crippen LogP contribution in [-0.2, 0) is 12.6 Å². The minimum absolute atomic E-state index is 0. The number of guanidine groups is 1. The zero-order valence-corrected chi connectivity index (χ0v) is 14.0. The van der Waals surface area contributed by atoms with Crippen molar-refractivity contribution < 1.29 is 13.2 Å². The van der Waals surface area contributed by atoms with Crippen LogP contribution >= 0.6 is 35.3 Å². The van der Waals surface area contributed by atoms with Gasteiger partial charge in [-0.1, -0.05) is 12.2 Å². The Morgan fingerprint density at radius 1 is 1.55 bits per heavy atom. The summed E-state index contributed by atoms with van der Waals surface area (Å²) >= 11 is 0.980. The smallest absolute Gasteiger partial charge is 0.370 e. The van der Waals surface area contributed by atoms with Crippen molar-refractivity contribution in [2.24, 2.45) is 10.7 Å². The Morgan fingerprint density at radius 3 is 2.70 bits per heavy atom. The number of hydrogen-bond acceptors (Lipinski definition) is 3. The van der Waals surface area contributed by atoms with Gasteiger partial charge in [-0.25, -0.2) is 9.98 Å². The molecule has 4 nitrogen and oxygen atoms in total. The van der Waals surface area contributed by atoms with E-state index >= 15 is 0 Å². The molecule has 9 heteroatoms. The second-order valence-electron chi connectivity index (χ2n) is 3.96. The number of hydrogen-bond donors (Lipinski definition) is 2. The van der Waals surface area contributed by atoms with E-state index in [0.29, 0.717) is 24.5 Å². The number of alkyl halides is 3. The molecule has 0 saturated heterocycles. The molecule has 1 aromatic rings. The van der Waals surface area contributed by atoms with Crippen molar-refractivity contribution in [2.45, 2.75) is 19.5 Å². The number of thiazole rings is 1. The lowest BCUT2D eigenvalue weighted by atomic mass is 10.4. The highest BCUT2D eigenvalue weighted by Crippen LogP contribution is 2.29. The fourth-order valence-electron chi connectivity index (χ4n) is 1.13. The molecule has 114 valence electrons. The number of aliphatic imine (C=N–C) groups is 1. The monoisotopic (exact) mass is 420 g/mol. The first-order chi connectivity index (χ1) is 8.79. The van der Waals surface area contributed by atoms with E-state index in [1.54, 1.807) is 0 Å². The minimum atomic E-state index is -4.38. The minimum Gasteiger partial charge on any atom is -0.370 e. The number of aromatic nitrogens is 1. The first-order valence-electron chi connectivity index (χ1n) is 5.49. The molecular formula is C11H16F3IN4S. The Labute approximate surface area is 136 Å². The zero-order chi connectivity index (χ0) is 14.5. The van der Waals surface area contributed by atoms with Crippen LogP contribution in [0.2, 0.25) is 0 Å². The third kappa shape index (κ3) is 7.08. The Hall–Kier alpha value is -0.840. The van der Waals surface area contributed by atoms with E-state index in [4.69, 9.17) is 5.73 Å². The topological polar surface area (TPSA) is 63.3 Å². The SMILES string of the molecule is C=C(C)CN=C(N)NCCc1nc(C(F)(F)F)cs1.I. The molecule has 0 aromatic carbocycles. The first-order valence-corrected chi connectivity index (χ1v) is 6.37. The third-order valence-electron chi connectivity index (χ3n) is 2.01. The molecule has 0 aliphatic carbocycles. The van der Waals surface area contributed by atoms with Gasteiger partial charge in [-0.2, -0.15) is 13.2 Å². The summed E-state index contributed by atoms with van der Waals surface area (Å²) in [7, 11) is 0. The van der Waals surface area contributed by atoms with Crippen molar-refractivity contribution in [2.75, 3.05) is 13.1 Å². The highest BCUT2D eigenvalue weighted by molar-refractivity contribution is 14.0.